The van der Waals surface area contributed by atoms with Crippen molar-refractivity contribution in [1.82, 2.24) is 4.98 Å². The highest BCUT2D eigenvalue weighted by Gasteiger charge is 1.99. The molecule has 0 amide bonds. The maximum Gasteiger partial charge on any atom is 0.180 e. The molecule has 0 aliphatic carbocycles. The van der Waals surface area contributed by atoms with E-state index in [4.69, 9.17) is 5.73 Å². The van der Waals surface area contributed by atoms with Crippen molar-refractivity contribution in [1.29, 1.82) is 0 Å². The van der Waals surface area contributed by atoms with Crippen molar-refractivity contribution in [2.45, 2.75) is 0 Å². The second-order valence-electron chi connectivity index (χ2n) is 2.44. The first-order chi connectivity index (χ1) is 5.86. The number of nitrogens with zero attached hydrogens (tertiary/aromatic N) is 1. The van der Waals surface area contributed by atoms with E-state index in [2.05, 4.69) is 4.98 Å². The van der Waals surface area contributed by atoms with Gasteiger partial charge in [-0.25, -0.2) is 4.98 Å². The van der Waals surface area contributed by atoms with Gasteiger partial charge in [-0.15, -0.1) is 35.3 Å². The van der Waals surface area contributed by atoms with E-state index >= 15 is 0 Å². The van der Waals surface area contributed by atoms with Crippen LogP contribution < -0.4 is 5.73 Å². The zero-order valence-electron chi connectivity index (χ0n) is 7.31. The molecule has 3 nitrogen and oxygen atoms in total. The number of nitrogen functional groups attached to an aromatic ring is 1. The molecule has 1 heterocycles. The Balaban J connectivity index is 0.000000845. The smallest absolute Gasteiger partial charge is 0.180 e. The van der Waals surface area contributed by atoms with Crippen LogP contribution in [0.25, 0.3) is 11.3 Å². The van der Waals surface area contributed by atoms with Crippen LogP contribution in [-0.2, 0) is 0 Å². The number of anilines is 1. The van der Waals surface area contributed by atoms with Crippen molar-refractivity contribution in [3.63, 3.8) is 0 Å². The van der Waals surface area contributed by atoms with E-state index in [1.165, 1.54) is 11.3 Å². The molecule has 1 aromatic heterocycles. The van der Waals surface area contributed by atoms with Gasteiger partial charge in [-0.2, -0.15) is 0 Å². The summed E-state index contributed by atoms with van der Waals surface area (Å²) in [6, 6.07) is 10.0. The quantitative estimate of drug-likeness (QED) is 0.818. The van der Waals surface area contributed by atoms with Gasteiger partial charge < -0.3 is 11.2 Å². The maximum absolute atomic E-state index is 5.52. The average molecular weight is 322 g/mol. The number of aromatic nitrogens is 1. The van der Waals surface area contributed by atoms with E-state index in [1.807, 2.05) is 35.7 Å². The summed E-state index contributed by atoms with van der Waals surface area (Å²) in [6.45, 7) is 0. The summed E-state index contributed by atoms with van der Waals surface area (Å²) in [6.07, 6.45) is 0. The molecule has 0 bridgehead atoms. The lowest BCUT2D eigenvalue weighted by atomic mass is 10.2. The lowest BCUT2D eigenvalue weighted by molar-refractivity contribution is 0.824. The molecule has 0 atom stereocenters. The molecular weight excluding hydrogens is 311 g/mol. The topological polar surface area (TPSA) is 70.4 Å². The van der Waals surface area contributed by atoms with Crippen LogP contribution >= 0.6 is 35.3 Å². The number of thiazole rings is 1. The summed E-state index contributed by atoms with van der Waals surface area (Å²) < 4.78 is 0. The minimum atomic E-state index is 0. The first-order valence-corrected chi connectivity index (χ1v) is 4.50. The van der Waals surface area contributed by atoms with Gasteiger partial charge in [0.25, 0.3) is 0 Å². The van der Waals surface area contributed by atoms with Gasteiger partial charge in [-0.1, -0.05) is 30.3 Å². The van der Waals surface area contributed by atoms with Gasteiger partial charge in [0.15, 0.2) is 5.13 Å². The van der Waals surface area contributed by atoms with Gasteiger partial charge in [0, 0.05) is 10.9 Å². The number of hydrogen-bond donors (Lipinski definition) is 1. The zero-order valence-corrected chi connectivity index (χ0v) is 10.5. The van der Waals surface area contributed by atoms with Crippen molar-refractivity contribution in [3.8, 4) is 11.3 Å². The Hall–Kier alpha value is -0.660. The van der Waals surface area contributed by atoms with Gasteiger partial charge in [0.05, 0.1) is 5.69 Å². The lowest BCUT2D eigenvalue weighted by Gasteiger charge is -1.92. The summed E-state index contributed by atoms with van der Waals surface area (Å²) in [5.74, 6) is 0. The molecule has 0 fully saturated rings. The molecule has 14 heavy (non-hydrogen) atoms. The maximum atomic E-state index is 5.52. The number of hydrogen-bond acceptors (Lipinski definition) is 3. The standard InChI is InChI=1S/C9H8N2S.HI.H2O/c10-9-11-8(6-12-9)7-4-2-1-3-5-7;;/h1-6H,(H2,10,11);1H;1H2. The van der Waals surface area contributed by atoms with Gasteiger partial charge in [0.2, 0.25) is 0 Å². The molecular formula is C9H11IN2OS. The van der Waals surface area contributed by atoms with Gasteiger partial charge >= 0.3 is 0 Å². The number of halogens is 1. The van der Waals surface area contributed by atoms with Crippen molar-refractivity contribution in [2.24, 2.45) is 0 Å². The van der Waals surface area contributed by atoms with Gasteiger partial charge in [-0.05, 0) is 0 Å². The summed E-state index contributed by atoms with van der Waals surface area (Å²) in [5, 5.41) is 2.58. The first-order valence-electron chi connectivity index (χ1n) is 3.63. The Bertz CT molecular complexity index is 377. The third-order valence-electron chi connectivity index (χ3n) is 1.59. The second kappa shape index (κ2) is 5.94. The molecule has 4 N–H and O–H groups in total. The fraction of sp³-hybridized carbons (Fsp3) is 0. The molecule has 0 saturated carbocycles. The van der Waals surface area contributed by atoms with Crippen molar-refractivity contribution in [2.75, 3.05) is 5.73 Å². The van der Waals surface area contributed by atoms with Crippen molar-refractivity contribution >= 4 is 40.4 Å². The second-order valence-corrected chi connectivity index (χ2v) is 3.33. The van der Waals surface area contributed by atoms with Crippen molar-refractivity contribution in [3.05, 3.63) is 35.7 Å². The Morgan fingerprint density at radius 2 is 1.79 bits per heavy atom. The predicted octanol–water partition coefficient (Wildman–Crippen LogP) is 2.19. The minimum Gasteiger partial charge on any atom is -0.412 e. The van der Waals surface area contributed by atoms with Gasteiger partial charge in [-0.3, -0.25) is 0 Å². The predicted molar refractivity (Wildman–Crippen MR) is 71.0 cm³/mol. The fourth-order valence-electron chi connectivity index (χ4n) is 1.03. The van der Waals surface area contributed by atoms with Crippen molar-refractivity contribution < 1.29 is 5.48 Å². The monoisotopic (exact) mass is 322 g/mol. The third-order valence-corrected chi connectivity index (χ3v) is 2.27. The molecule has 5 heteroatoms. The summed E-state index contributed by atoms with van der Waals surface area (Å²) >= 11 is 1.47. The van der Waals surface area contributed by atoms with Crippen LogP contribution in [0.3, 0.4) is 0 Å². The Morgan fingerprint density at radius 1 is 1.14 bits per heavy atom. The van der Waals surface area contributed by atoms with E-state index in [0.717, 1.165) is 11.3 Å². The van der Waals surface area contributed by atoms with E-state index in [1.54, 1.807) is 0 Å². The SMILES string of the molecule is I.Nc1nc(-c2ccccc2)cs1.O. The largest absolute Gasteiger partial charge is 0.412 e. The van der Waals surface area contributed by atoms with Crippen LogP contribution in [0.15, 0.2) is 35.7 Å². The highest BCUT2D eigenvalue weighted by Crippen LogP contribution is 2.22. The van der Waals surface area contributed by atoms with Crippen LogP contribution in [0.2, 0.25) is 0 Å². The number of benzene rings is 1. The summed E-state index contributed by atoms with van der Waals surface area (Å²) in [7, 11) is 0. The van der Waals surface area contributed by atoms with Crippen LogP contribution in [0, 0.1) is 0 Å². The molecule has 0 aliphatic rings. The molecule has 2 aromatic rings. The van der Waals surface area contributed by atoms with E-state index in [-0.39, 0.29) is 29.5 Å². The molecule has 0 unspecified atom stereocenters. The molecule has 76 valence electrons. The van der Waals surface area contributed by atoms with Gasteiger partial charge in [0.1, 0.15) is 0 Å². The Labute approximate surface area is 103 Å². The molecule has 0 spiro atoms. The minimum absolute atomic E-state index is 0. The molecule has 0 saturated heterocycles. The zero-order chi connectivity index (χ0) is 8.39. The highest BCUT2D eigenvalue weighted by atomic mass is 127. The molecule has 0 radical (unpaired) electrons. The Kier molecular flexibility index (Phi) is 5.66. The summed E-state index contributed by atoms with van der Waals surface area (Å²) in [5.41, 5.74) is 7.60. The van der Waals surface area contributed by atoms with E-state index < -0.39 is 0 Å². The molecule has 1 aromatic carbocycles. The Morgan fingerprint density at radius 3 is 2.29 bits per heavy atom. The van der Waals surface area contributed by atoms with Crippen LogP contribution in [0.4, 0.5) is 5.13 Å². The normalized spacial score (nSPS) is 8.57. The van der Waals surface area contributed by atoms with Crippen LogP contribution in [0.5, 0.6) is 0 Å². The highest BCUT2D eigenvalue weighted by molar-refractivity contribution is 14.0. The number of nitrogens with two attached hydrogens (primary N) is 1. The van der Waals surface area contributed by atoms with E-state index in [0.29, 0.717) is 5.13 Å². The summed E-state index contributed by atoms with van der Waals surface area (Å²) in [4.78, 5) is 4.18. The molecule has 2 rings (SSSR count). The lowest BCUT2D eigenvalue weighted by Crippen LogP contribution is -1.82. The number of rotatable bonds is 1. The first kappa shape index (κ1) is 13.3. The van der Waals surface area contributed by atoms with Crippen LogP contribution in [-0.4, -0.2) is 10.5 Å². The van der Waals surface area contributed by atoms with E-state index in [9.17, 15) is 0 Å². The molecule has 0 aliphatic heterocycles. The van der Waals surface area contributed by atoms with Crippen LogP contribution in [0.1, 0.15) is 0 Å². The fourth-order valence-corrected chi connectivity index (χ4v) is 1.60. The third kappa shape index (κ3) is 2.93. The average Bonchev–Trinajstić information content (AvgIpc) is 2.54.